The largest absolute Gasteiger partial charge is 0.467 e. The summed E-state index contributed by atoms with van der Waals surface area (Å²) in [6.07, 6.45) is 1.55. The van der Waals surface area contributed by atoms with Crippen molar-refractivity contribution in [3.63, 3.8) is 0 Å². The molecule has 204 valence electrons. The number of hydrogen-bond donors (Lipinski definition) is 2. The van der Waals surface area contributed by atoms with Gasteiger partial charge < -0.3 is 20.0 Å². The van der Waals surface area contributed by atoms with Crippen molar-refractivity contribution in [3.05, 3.63) is 94.6 Å². The smallest absolute Gasteiger partial charge is 0.322 e. The molecule has 2 N–H and O–H groups in total. The summed E-state index contributed by atoms with van der Waals surface area (Å²) >= 11 is 0. The Morgan fingerprint density at radius 3 is 2.26 bits per heavy atom. The lowest BCUT2D eigenvalue weighted by molar-refractivity contribution is -0.116. The molecule has 0 unspecified atom stereocenters. The Bertz CT molecular complexity index is 1460. The summed E-state index contributed by atoms with van der Waals surface area (Å²) in [4.78, 5) is 28.3. The summed E-state index contributed by atoms with van der Waals surface area (Å²) in [6.45, 7) is 14.1. The van der Waals surface area contributed by atoms with Gasteiger partial charge in [-0.1, -0.05) is 56.7 Å². The van der Waals surface area contributed by atoms with Gasteiger partial charge in [-0.25, -0.2) is 9.48 Å². The zero-order valence-corrected chi connectivity index (χ0v) is 23.8. The van der Waals surface area contributed by atoms with Gasteiger partial charge in [0.05, 0.1) is 24.2 Å². The van der Waals surface area contributed by atoms with E-state index in [1.54, 1.807) is 23.1 Å². The van der Waals surface area contributed by atoms with Gasteiger partial charge in [-0.2, -0.15) is 5.10 Å². The maximum Gasteiger partial charge on any atom is 0.322 e. The van der Waals surface area contributed by atoms with Crippen LogP contribution in [0.1, 0.15) is 54.5 Å². The van der Waals surface area contributed by atoms with Crippen LogP contribution in [0.25, 0.3) is 5.69 Å². The normalized spacial score (nSPS) is 11.4. The van der Waals surface area contributed by atoms with Gasteiger partial charge in [-0.3, -0.25) is 4.79 Å². The van der Waals surface area contributed by atoms with Crippen molar-refractivity contribution in [2.75, 3.05) is 17.2 Å². The lowest BCUT2D eigenvalue weighted by Crippen LogP contribution is -2.40. The molecule has 8 heteroatoms. The van der Waals surface area contributed by atoms with E-state index in [1.807, 2.05) is 64.1 Å². The van der Waals surface area contributed by atoms with Crippen LogP contribution in [0.15, 0.2) is 65.3 Å². The van der Waals surface area contributed by atoms with Crippen LogP contribution in [0, 0.1) is 27.7 Å². The van der Waals surface area contributed by atoms with Crippen LogP contribution in [0.2, 0.25) is 0 Å². The number of nitrogens with one attached hydrogen (secondary N) is 2. The fraction of sp³-hybridized carbons (Fsp3) is 0.323. The highest BCUT2D eigenvalue weighted by Crippen LogP contribution is 2.28. The number of rotatable bonds is 7. The molecule has 4 aromatic rings. The number of carbonyl (C=O) groups excluding carboxylic acids is 2. The maximum absolute atomic E-state index is 13.4. The van der Waals surface area contributed by atoms with Crippen molar-refractivity contribution in [1.82, 2.24) is 14.7 Å². The summed E-state index contributed by atoms with van der Waals surface area (Å²) in [5.74, 6) is 0.782. The van der Waals surface area contributed by atoms with E-state index < -0.39 is 6.03 Å². The van der Waals surface area contributed by atoms with Gasteiger partial charge in [0.2, 0.25) is 5.91 Å². The van der Waals surface area contributed by atoms with E-state index >= 15 is 0 Å². The number of aryl methyl sites for hydroxylation is 4. The van der Waals surface area contributed by atoms with E-state index in [9.17, 15) is 9.59 Å². The first-order valence-electron chi connectivity index (χ1n) is 13.0. The van der Waals surface area contributed by atoms with Gasteiger partial charge in [0.15, 0.2) is 0 Å². The number of amides is 3. The average Bonchev–Trinajstić information content (AvgIpc) is 3.51. The second-order valence-corrected chi connectivity index (χ2v) is 11.0. The average molecular weight is 528 g/mol. The van der Waals surface area contributed by atoms with Crippen molar-refractivity contribution in [3.8, 4) is 5.69 Å². The maximum atomic E-state index is 13.4. The Morgan fingerprint density at radius 1 is 0.923 bits per heavy atom. The second-order valence-electron chi connectivity index (χ2n) is 11.0. The standard InChI is InChI=1S/C31H37N5O3/c1-20-13-14-25(23(4)16-20)36-27(17-26(34-36)31(5,6)7)32-28(37)19-35(18-24-12-9-15-39-24)30(38)33-29-21(2)10-8-11-22(29)3/h8-17H,18-19H2,1-7H3,(H,32,37)(H,33,38). The van der Waals surface area contributed by atoms with Crippen molar-refractivity contribution in [1.29, 1.82) is 0 Å². The first-order chi connectivity index (χ1) is 18.4. The Hall–Kier alpha value is -4.33. The molecule has 39 heavy (non-hydrogen) atoms. The van der Waals surface area contributed by atoms with Crippen LogP contribution in [0.3, 0.4) is 0 Å². The van der Waals surface area contributed by atoms with Crippen LogP contribution >= 0.6 is 0 Å². The third-order valence-corrected chi connectivity index (χ3v) is 6.59. The molecule has 2 heterocycles. The van der Waals surface area contributed by atoms with Crippen LogP contribution < -0.4 is 10.6 Å². The SMILES string of the molecule is Cc1ccc(-n2nc(C(C)(C)C)cc2NC(=O)CN(Cc2ccco2)C(=O)Nc2c(C)cccc2C)c(C)c1. The highest BCUT2D eigenvalue weighted by atomic mass is 16.3. The predicted octanol–water partition coefficient (Wildman–Crippen LogP) is 6.67. The molecule has 0 fully saturated rings. The Kier molecular flexibility index (Phi) is 7.95. The number of nitrogens with zero attached hydrogens (tertiary/aromatic N) is 3. The number of carbonyl (C=O) groups is 2. The number of benzene rings is 2. The highest BCUT2D eigenvalue weighted by molar-refractivity contribution is 5.97. The molecular formula is C31H37N5O3. The number of anilines is 2. The quantitative estimate of drug-likeness (QED) is 0.281. The number of furan rings is 1. The van der Waals surface area contributed by atoms with E-state index in [0.717, 1.165) is 39.3 Å². The van der Waals surface area contributed by atoms with Gasteiger partial charge in [-0.15, -0.1) is 0 Å². The Balaban J connectivity index is 1.61. The number of para-hydroxylation sites is 1. The molecule has 0 radical (unpaired) electrons. The minimum Gasteiger partial charge on any atom is -0.467 e. The van der Waals surface area contributed by atoms with Crippen molar-refractivity contribution >= 4 is 23.4 Å². The molecule has 0 saturated carbocycles. The van der Waals surface area contributed by atoms with E-state index in [-0.39, 0.29) is 24.4 Å². The summed E-state index contributed by atoms with van der Waals surface area (Å²) in [5, 5.41) is 10.8. The van der Waals surface area contributed by atoms with Gasteiger partial charge in [0.1, 0.15) is 18.1 Å². The first-order valence-corrected chi connectivity index (χ1v) is 13.0. The molecular weight excluding hydrogens is 490 g/mol. The highest BCUT2D eigenvalue weighted by Gasteiger charge is 2.24. The van der Waals surface area contributed by atoms with Gasteiger partial charge in [0, 0.05) is 17.2 Å². The third-order valence-electron chi connectivity index (χ3n) is 6.59. The molecule has 2 aromatic carbocycles. The zero-order valence-electron chi connectivity index (χ0n) is 23.8. The van der Waals surface area contributed by atoms with Gasteiger partial charge in [0.25, 0.3) is 0 Å². The van der Waals surface area contributed by atoms with Gasteiger partial charge in [-0.05, 0) is 62.6 Å². The van der Waals surface area contributed by atoms with Crippen molar-refractivity contribution in [2.45, 2.75) is 60.4 Å². The molecule has 0 aliphatic carbocycles. The van der Waals surface area contributed by atoms with E-state index in [0.29, 0.717) is 11.6 Å². The molecule has 0 aliphatic rings. The lowest BCUT2D eigenvalue weighted by atomic mass is 9.92. The van der Waals surface area contributed by atoms with Crippen LogP contribution in [-0.4, -0.2) is 33.2 Å². The molecule has 2 aromatic heterocycles. The van der Waals surface area contributed by atoms with E-state index in [1.165, 1.54) is 4.90 Å². The molecule has 0 saturated heterocycles. The van der Waals surface area contributed by atoms with Crippen LogP contribution in [0.4, 0.5) is 16.3 Å². The Labute approximate surface area is 230 Å². The molecule has 0 aliphatic heterocycles. The van der Waals surface area contributed by atoms with E-state index in [2.05, 4.69) is 37.5 Å². The van der Waals surface area contributed by atoms with Gasteiger partial charge >= 0.3 is 6.03 Å². The van der Waals surface area contributed by atoms with Crippen LogP contribution in [-0.2, 0) is 16.8 Å². The summed E-state index contributed by atoms with van der Waals surface area (Å²) < 4.78 is 7.25. The molecule has 8 nitrogen and oxygen atoms in total. The molecule has 0 bridgehead atoms. The number of aromatic nitrogens is 2. The van der Waals surface area contributed by atoms with Crippen molar-refractivity contribution in [2.24, 2.45) is 0 Å². The predicted molar refractivity (Wildman–Crippen MR) is 154 cm³/mol. The van der Waals surface area contributed by atoms with Crippen LogP contribution in [0.5, 0.6) is 0 Å². The summed E-state index contributed by atoms with van der Waals surface area (Å²) in [7, 11) is 0. The zero-order chi connectivity index (χ0) is 28.3. The summed E-state index contributed by atoms with van der Waals surface area (Å²) in [6, 6.07) is 17.0. The fourth-order valence-electron chi connectivity index (χ4n) is 4.41. The minimum atomic E-state index is -0.391. The monoisotopic (exact) mass is 527 g/mol. The number of hydrogen-bond acceptors (Lipinski definition) is 4. The molecule has 3 amide bonds. The van der Waals surface area contributed by atoms with Crippen molar-refractivity contribution < 1.29 is 14.0 Å². The topological polar surface area (TPSA) is 92.4 Å². The summed E-state index contributed by atoms with van der Waals surface area (Å²) in [5.41, 5.74) is 6.31. The third kappa shape index (κ3) is 6.57. The molecule has 0 atom stereocenters. The van der Waals surface area contributed by atoms with E-state index in [4.69, 9.17) is 9.52 Å². The second kappa shape index (κ2) is 11.2. The first kappa shape index (κ1) is 27.7. The Morgan fingerprint density at radius 2 is 1.64 bits per heavy atom. The molecule has 4 rings (SSSR count). The number of urea groups is 1. The minimum absolute atomic E-state index is 0.140. The molecule has 0 spiro atoms. The lowest BCUT2D eigenvalue weighted by Gasteiger charge is -2.23. The fourth-order valence-corrected chi connectivity index (χ4v) is 4.41.